The number of methoxy groups -OCH3 is 1. The van der Waals surface area contributed by atoms with E-state index >= 15 is 0 Å². The van der Waals surface area contributed by atoms with Gasteiger partial charge in [-0.1, -0.05) is 0 Å². The van der Waals surface area contributed by atoms with Gasteiger partial charge in [0.15, 0.2) is 0 Å². The molecular formula is C12H18N2O2. The van der Waals surface area contributed by atoms with E-state index < -0.39 is 0 Å². The van der Waals surface area contributed by atoms with Gasteiger partial charge >= 0.3 is 0 Å². The molecule has 4 nitrogen and oxygen atoms in total. The van der Waals surface area contributed by atoms with Gasteiger partial charge in [0.1, 0.15) is 0 Å². The van der Waals surface area contributed by atoms with Crippen LogP contribution in [-0.2, 0) is 11.3 Å². The lowest BCUT2D eigenvalue weighted by Crippen LogP contribution is -2.26. The van der Waals surface area contributed by atoms with Crippen LogP contribution in [0.3, 0.4) is 0 Å². The maximum absolute atomic E-state index is 5.66. The largest absolute Gasteiger partial charge is 0.481 e. The first-order valence-electron chi connectivity index (χ1n) is 5.69. The van der Waals surface area contributed by atoms with Crippen LogP contribution in [0, 0.1) is 0 Å². The summed E-state index contributed by atoms with van der Waals surface area (Å²) in [6.45, 7) is 2.44. The molecule has 0 amide bonds. The monoisotopic (exact) mass is 222 g/mol. The summed E-state index contributed by atoms with van der Waals surface area (Å²) in [6, 6.07) is 4.39. The van der Waals surface area contributed by atoms with Gasteiger partial charge < -0.3 is 14.8 Å². The smallest absolute Gasteiger partial charge is 0.218 e. The van der Waals surface area contributed by atoms with E-state index in [4.69, 9.17) is 9.47 Å². The van der Waals surface area contributed by atoms with Crippen molar-refractivity contribution < 1.29 is 9.47 Å². The number of hydrogen-bond acceptors (Lipinski definition) is 4. The van der Waals surface area contributed by atoms with E-state index in [1.807, 2.05) is 12.1 Å². The molecule has 1 atom stereocenters. The molecule has 1 aliphatic rings. The Balaban J connectivity index is 1.79. The second-order valence-corrected chi connectivity index (χ2v) is 3.98. The molecule has 1 aromatic heterocycles. The third-order valence-corrected chi connectivity index (χ3v) is 2.78. The van der Waals surface area contributed by atoms with Gasteiger partial charge in [0.2, 0.25) is 5.88 Å². The average Bonchev–Trinajstić information content (AvgIpc) is 2.83. The lowest BCUT2D eigenvalue weighted by Gasteiger charge is -2.11. The Morgan fingerprint density at radius 2 is 2.50 bits per heavy atom. The molecule has 1 N–H and O–H groups in total. The fourth-order valence-electron chi connectivity index (χ4n) is 1.93. The van der Waals surface area contributed by atoms with E-state index in [1.54, 1.807) is 13.3 Å². The van der Waals surface area contributed by atoms with Crippen molar-refractivity contribution in [2.45, 2.75) is 25.5 Å². The van der Waals surface area contributed by atoms with Crippen molar-refractivity contribution in [3.63, 3.8) is 0 Å². The Morgan fingerprint density at radius 1 is 1.56 bits per heavy atom. The molecule has 0 aliphatic carbocycles. The van der Waals surface area contributed by atoms with Crippen LogP contribution in [0.25, 0.3) is 0 Å². The predicted octanol–water partition coefficient (Wildman–Crippen LogP) is 1.36. The fourth-order valence-corrected chi connectivity index (χ4v) is 1.93. The lowest BCUT2D eigenvalue weighted by atomic mass is 10.2. The van der Waals surface area contributed by atoms with Crippen molar-refractivity contribution in [3.8, 4) is 5.88 Å². The minimum Gasteiger partial charge on any atom is -0.481 e. The Morgan fingerprint density at radius 3 is 3.25 bits per heavy atom. The van der Waals surface area contributed by atoms with Crippen LogP contribution in [-0.4, -0.2) is 31.3 Å². The third-order valence-electron chi connectivity index (χ3n) is 2.78. The summed E-state index contributed by atoms with van der Waals surface area (Å²) in [5, 5.41) is 3.40. The Bertz CT molecular complexity index is 325. The molecule has 2 rings (SSSR count). The Kier molecular flexibility index (Phi) is 4.13. The standard InChI is InChI=1S/C12H18N2O2/c1-15-12-10(4-2-7-14-12)8-16-9-11-5-3-6-13-11/h2,4,7,11,13H,3,5-6,8-9H2,1H3. The highest BCUT2D eigenvalue weighted by Gasteiger charge is 2.14. The summed E-state index contributed by atoms with van der Waals surface area (Å²) >= 11 is 0. The van der Waals surface area contributed by atoms with Gasteiger partial charge in [-0.05, 0) is 31.5 Å². The highest BCUT2D eigenvalue weighted by atomic mass is 16.5. The molecule has 0 bridgehead atoms. The van der Waals surface area contributed by atoms with Gasteiger partial charge in [0, 0.05) is 17.8 Å². The van der Waals surface area contributed by atoms with Crippen molar-refractivity contribution in [3.05, 3.63) is 23.9 Å². The molecular weight excluding hydrogens is 204 g/mol. The Labute approximate surface area is 96.0 Å². The van der Waals surface area contributed by atoms with Crippen LogP contribution in [0.5, 0.6) is 5.88 Å². The van der Waals surface area contributed by atoms with Crippen molar-refractivity contribution in [2.75, 3.05) is 20.3 Å². The normalized spacial score (nSPS) is 19.9. The van der Waals surface area contributed by atoms with E-state index in [9.17, 15) is 0 Å². The zero-order chi connectivity index (χ0) is 11.2. The van der Waals surface area contributed by atoms with E-state index in [0.29, 0.717) is 18.5 Å². The van der Waals surface area contributed by atoms with Crippen LogP contribution in [0.2, 0.25) is 0 Å². The van der Waals surface area contributed by atoms with Crippen LogP contribution < -0.4 is 10.1 Å². The van der Waals surface area contributed by atoms with E-state index in [1.165, 1.54) is 12.8 Å². The first kappa shape index (κ1) is 11.4. The molecule has 1 unspecified atom stereocenters. The SMILES string of the molecule is COc1ncccc1COCC1CCCN1. The van der Waals surface area contributed by atoms with Gasteiger partial charge in [0.25, 0.3) is 0 Å². The van der Waals surface area contributed by atoms with Crippen molar-refractivity contribution in [2.24, 2.45) is 0 Å². The van der Waals surface area contributed by atoms with Gasteiger partial charge in [0.05, 0.1) is 20.3 Å². The number of hydrogen-bond donors (Lipinski definition) is 1. The van der Waals surface area contributed by atoms with Crippen molar-refractivity contribution >= 4 is 0 Å². The molecule has 1 saturated heterocycles. The van der Waals surface area contributed by atoms with E-state index in [0.717, 1.165) is 18.7 Å². The summed E-state index contributed by atoms with van der Waals surface area (Å²) in [5.41, 5.74) is 1.00. The summed E-state index contributed by atoms with van der Waals surface area (Å²) < 4.78 is 10.8. The van der Waals surface area contributed by atoms with Crippen molar-refractivity contribution in [1.82, 2.24) is 10.3 Å². The molecule has 0 spiro atoms. The molecule has 0 saturated carbocycles. The quantitative estimate of drug-likeness (QED) is 0.817. The maximum Gasteiger partial charge on any atom is 0.218 e. The zero-order valence-corrected chi connectivity index (χ0v) is 9.61. The van der Waals surface area contributed by atoms with Crippen LogP contribution in [0.1, 0.15) is 18.4 Å². The molecule has 0 aromatic carbocycles. The van der Waals surface area contributed by atoms with Gasteiger partial charge in [-0.25, -0.2) is 4.98 Å². The van der Waals surface area contributed by atoms with E-state index in [2.05, 4.69) is 10.3 Å². The van der Waals surface area contributed by atoms with Gasteiger partial charge in [-0.3, -0.25) is 0 Å². The summed E-state index contributed by atoms with van der Waals surface area (Å²) in [4.78, 5) is 4.13. The average molecular weight is 222 g/mol. The number of nitrogens with one attached hydrogen (secondary N) is 1. The predicted molar refractivity (Wildman–Crippen MR) is 61.5 cm³/mol. The van der Waals surface area contributed by atoms with Crippen LogP contribution in [0.4, 0.5) is 0 Å². The van der Waals surface area contributed by atoms with Crippen LogP contribution >= 0.6 is 0 Å². The van der Waals surface area contributed by atoms with Crippen LogP contribution in [0.15, 0.2) is 18.3 Å². The highest BCUT2D eigenvalue weighted by Crippen LogP contribution is 2.15. The summed E-state index contributed by atoms with van der Waals surface area (Å²) in [5.74, 6) is 0.655. The third kappa shape index (κ3) is 2.93. The van der Waals surface area contributed by atoms with Gasteiger partial charge in [-0.2, -0.15) is 0 Å². The number of rotatable bonds is 5. The van der Waals surface area contributed by atoms with Crippen molar-refractivity contribution in [1.29, 1.82) is 0 Å². The number of aromatic nitrogens is 1. The molecule has 4 heteroatoms. The van der Waals surface area contributed by atoms with E-state index in [-0.39, 0.29) is 0 Å². The second-order valence-electron chi connectivity index (χ2n) is 3.98. The molecule has 1 aliphatic heterocycles. The number of pyridine rings is 1. The van der Waals surface area contributed by atoms with Gasteiger partial charge in [-0.15, -0.1) is 0 Å². The topological polar surface area (TPSA) is 43.4 Å². The molecule has 0 radical (unpaired) electrons. The summed E-state index contributed by atoms with van der Waals surface area (Å²) in [6.07, 6.45) is 4.19. The zero-order valence-electron chi connectivity index (χ0n) is 9.61. The molecule has 1 aromatic rings. The Hall–Kier alpha value is -1.13. The molecule has 88 valence electrons. The minimum absolute atomic E-state index is 0.516. The lowest BCUT2D eigenvalue weighted by molar-refractivity contribution is 0.101. The molecule has 2 heterocycles. The first-order valence-corrected chi connectivity index (χ1v) is 5.69. The highest BCUT2D eigenvalue weighted by molar-refractivity contribution is 5.24. The fraction of sp³-hybridized carbons (Fsp3) is 0.583. The molecule has 16 heavy (non-hydrogen) atoms. The second kappa shape index (κ2) is 5.82. The number of ether oxygens (including phenoxy) is 2. The first-order chi connectivity index (χ1) is 7.90. The summed E-state index contributed by atoms with van der Waals surface area (Å²) in [7, 11) is 1.63. The number of nitrogens with zero attached hydrogens (tertiary/aromatic N) is 1. The molecule has 1 fully saturated rings. The minimum atomic E-state index is 0.516. The maximum atomic E-state index is 5.66.